The molecule has 158 valence electrons. The number of benzene rings is 2. The molecule has 3 aromatic rings. The topological polar surface area (TPSA) is 44.5 Å². The molecule has 6 heteroatoms. The number of aromatic nitrogens is 2. The first-order valence-electron chi connectivity index (χ1n) is 10.6. The second-order valence-electron chi connectivity index (χ2n) is 7.90. The van der Waals surface area contributed by atoms with Crippen LogP contribution in [0.4, 0.5) is 4.39 Å². The highest BCUT2D eigenvalue weighted by Gasteiger charge is 2.20. The van der Waals surface area contributed by atoms with E-state index >= 15 is 0 Å². The van der Waals surface area contributed by atoms with Gasteiger partial charge in [-0.1, -0.05) is 36.4 Å². The Labute approximate surface area is 177 Å². The minimum absolute atomic E-state index is 0.111. The predicted octanol–water partition coefficient (Wildman–Crippen LogP) is 3.41. The van der Waals surface area contributed by atoms with Crippen molar-refractivity contribution in [3.63, 3.8) is 0 Å². The molecule has 2 heterocycles. The van der Waals surface area contributed by atoms with Crippen LogP contribution >= 0.6 is 0 Å². The lowest BCUT2D eigenvalue weighted by Crippen LogP contribution is -2.46. The van der Waals surface area contributed by atoms with E-state index in [4.69, 9.17) is 5.11 Å². The molecular formula is C24H29FN4O. The number of hydrogen-bond donors (Lipinski definition) is 1. The number of halogens is 1. The van der Waals surface area contributed by atoms with Gasteiger partial charge < -0.3 is 9.67 Å². The van der Waals surface area contributed by atoms with Gasteiger partial charge in [-0.3, -0.25) is 9.80 Å². The summed E-state index contributed by atoms with van der Waals surface area (Å²) < 4.78 is 15.6. The summed E-state index contributed by atoms with van der Waals surface area (Å²) in [4.78, 5) is 9.18. The molecule has 1 unspecified atom stereocenters. The number of aliphatic hydroxyl groups is 1. The Bertz CT molecular complexity index is 948. The maximum absolute atomic E-state index is 13.4. The van der Waals surface area contributed by atoms with E-state index in [-0.39, 0.29) is 18.5 Å². The second-order valence-corrected chi connectivity index (χ2v) is 7.90. The van der Waals surface area contributed by atoms with Gasteiger partial charge in [-0.15, -0.1) is 0 Å². The molecule has 1 aliphatic heterocycles. The third kappa shape index (κ3) is 4.61. The summed E-state index contributed by atoms with van der Waals surface area (Å²) in [6, 6.07) is 15.1. The van der Waals surface area contributed by atoms with E-state index < -0.39 is 0 Å². The van der Waals surface area contributed by atoms with E-state index in [1.54, 1.807) is 0 Å². The van der Waals surface area contributed by atoms with Crippen molar-refractivity contribution in [2.24, 2.45) is 0 Å². The SMILES string of the molecule is CC(c1ccccc1-c1ccc(F)cc1)n1cncc1CN1CCN(CCO)CC1. The van der Waals surface area contributed by atoms with Crippen molar-refractivity contribution in [1.29, 1.82) is 0 Å². The molecule has 2 aromatic carbocycles. The molecule has 0 aliphatic carbocycles. The number of nitrogens with zero attached hydrogens (tertiary/aromatic N) is 4. The number of aliphatic hydroxyl groups excluding tert-OH is 1. The van der Waals surface area contributed by atoms with Crippen LogP contribution in [0.25, 0.3) is 11.1 Å². The molecule has 1 aliphatic rings. The summed E-state index contributed by atoms with van der Waals surface area (Å²) >= 11 is 0. The van der Waals surface area contributed by atoms with Gasteiger partial charge in [0.15, 0.2) is 0 Å². The third-order valence-corrected chi connectivity index (χ3v) is 6.00. The smallest absolute Gasteiger partial charge is 0.123 e. The van der Waals surface area contributed by atoms with Crippen LogP contribution in [0.3, 0.4) is 0 Å². The molecule has 1 fully saturated rings. The first kappa shape index (κ1) is 20.7. The lowest BCUT2D eigenvalue weighted by Gasteiger charge is -2.34. The number of piperazine rings is 1. The summed E-state index contributed by atoms with van der Waals surface area (Å²) in [5.74, 6) is -0.222. The molecule has 0 spiro atoms. The zero-order valence-corrected chi connectivity index (χ0v) is 17.4. The first-order valence-corrected chi connectivity index (χ1v) is 10.6. The van der Waals surface area contributed by atoms with Crippen LogP contribution in [0.15, 0.2) is 61.1 Å². The van der Waals surface area contributed by atoms with Gasteiger partial charge in [0.2, 0.25) is 0 Å². The van der Waals surface area contributed by atoms with E-state index in [2.05, 4.69) is 44.5 Å². The highest BCUT2D eigenvalue weighted by Crippen LogP contribution is 2.31. The lowest BCUT2D eigenvalue weighted by atomic mass is 9.95. The second kappa shape index (κ2) is 9.51. The van der Waals surface area contributed by atoms with Crippen LogP contribution in [-0.4, -0.2) is 63.8 Å². The van der Waals surface area contributed by atoms with E-state index in [0.29, 0.717) is 0 Å². The average molecular weight is 409 g/mol. The van der Waals surface area contributed by atoms with E-state index in [9.17, 15) is 4.39 Å². The Morgan fingerprint density at radius 3 is 2.43 bits per heavy atom. The van der Waals surface area contributed by atoms with Gasteiger partial charge >= 0.3 is 0 Å². The average Bonchev–Trinajstić information content (AvgIpc) is 3.23. The molecule has 4 rings (SSSR count). The molecule has 0 saturated carbocycles. The van der Waals surface area contributed by atoms with Crippen LogP contribution in [0, 0.1) is 5.82 Å². The van der Waals surface area contributed by atoms with Crippen molar-refractivity contribution in [3.05, 3.63) is 78.1 Å². The van der Waals surface area contributed by atoms with Crippen molar-refractivity contribution >= 4 is 0 Å². The van der Waals surface area contributed by atoms with E-state index in [0.717, 1.165) is 50.4 Å². The van der Waals surface area contributed by atoms with E-state index in [1.807, 2.05) is 30.7 Å². The largest absolute Gasteiger partial charge is 0.395 e. The van der Waals surface area contributed by atoms with Crippen LogP contribution < -0.4 is 0 Å². The molecule has 1 N–H and O–H groups in total. The van der Waals surface area contributed by atoms with Crippen LogP contribution in [0.2, 0.25) is 0 Å². The Morgan fingerprint density at radius 2 is 1.70 bits per heavy atom. The first-order chi connectivity index (χ1) is 14.7. The van der Waals surface area contributed by atoms with Gasteiger partial charge in [0.05, 0.1) is 24.7 Å². The summed E-state index contributed by atoms with van der Waals surface area (Å²) in [6.07, 6.45) is 3.86. The molecule has 0 radical (unpaired) electrons. The predicted molar refractivity (Wildman–Crippen MR) is 117 cm³/mol. The van der Waals surface area contributed by atoms with Crippen molar-refractivity contribution in [2.45, 2.75) is 19.5 Å². The zero-order valence-electron chi connectivity index (χ0n) is 17.4. The Kier molecular flexibility index (Phi) is 6.57. The number of β-amino-alcohol motifs (C(OH)–C–C–N with tert-alkyl or cyclic N) is 1. The van der Waals surface area contributed by atoms with Gasteiger partial charge in [0.25, 0.3) is 0 Å². The molecular weight excluding hydrogens is 379 g/mol. The monoisotopic (exact) mass is 408 g/mol. The Hall–Kier alpha value is -2.54. The van der Waals surface area contributed by atoms with Gasteiger partial charge in [-0.05, 0) is 35.7 Å². The summed E-state index contributed by atoms with van der Waals surface area (Å²) in [6.45, 7) is 7.97. The summed E-state index contributed by atoms with van der Waals surface area (Å²) in [5, 5.41) is 9.13. The minimum atomic E-state index is -0.222. The molecule has 1 aromatic heterocycles. The van der Waals surface area contributed by atoms with Gasteiger partial charge in [-0.2, -0.15) is 0 Å². The fourth-order valence-electron chi connectivity index (χ4n) is 4.25. The van der Waals surface area contributed by atoms with Crippen molar-refractivity contribution in [3.8, 4) is 11.1 Å². The fourth-order valence-corrected chi connectivity index (χ4v) is 4.25. The lowest BCUT2D eigenvalue weighted by molar-refractivity contribution is 0.107. The molecule has 5 nitrogen and oxygen atoms in total. The van der Waals surface area contributed by atoms with Crippen molar-refractivity contribution in [2.75, 3.05) is 39.3 Å². The van der Waals surface area contributed by atoms with E-state index in [1.165, 1.54) is 23.4 Å². The number of imidazole rings is 1. The Balaban J connectivity index is 1.53. The maximum atomic E-state index is 13.4. The number of rotatable bonds is 7. The maximum Gasteiger partial charge on any atom is 0.123 e. The van der Waals surface area contributed by atoms with Gasteiger partial charge in [-0.25, -0.2) is 9.37 Å². The van der Waals surface area contributed by atoms with Crippen LogP contribution in [-0.2, 0) is 6.54 Å². The number of hydrogen-bond acceptors (Lipinski definition) is 4. The van der Waals surface area contributed by atoms with Crippen LogP contribution in [0.1, 0.15) is 24.2 Å². The zero-order chi connectivity index (χ0) is 20.9. The summed E-state index contributed by atoms with van der Waals surface area (Å²) in [5.41, 5.74) is 4.51. The molecule has 0 amide bonds. The molecule has 30 heavy (non-hydrogen) atoms. The summed E-state index contributed by atoms with van der Waals surface area (Å²) in [7, 11) is 0. The normalized spacial score (nSPS) is 16.6. The van der Waals surface area contributed by atoms with Gasteiger partial charge in [0, 0.05) is 45.5 Å². The third-order valence-electron chi connectivity index (χ3n) is 6.00. The molecule has 1 saturated heterocycles. The molecule has 0 bridgehead atoms. The standard InChI is InChI=1S/C24H29FN4O/c1-19(23-4-2-3-5-24(23)20-6-8-21(25)9-7-20)29-18-26-16-22(29)17-28-12-10-27(11-13-28)14-15-30/h2-9,16,18-19,30H,10-15,17H2,1H3. The van der Waals surface area contributed by atoms with Crippen molar-refractivity contribution in [1.82, 2.24) is 19.4 Å². The highest BCUT2D eigenvalue weighted by molar-refractivity contribution is 5.68. The van der Waals surface area contributed by atoms with Gasteiger partial charge in [0.1, 0.15) is 5.82 Å². The molecule has 1 atom stereocenters. The Morgan fingerprint density at radius 1 is 1.00 bits per heavy atom. The minimum Gasteiger partial charge on any atom is -0.395 e. The fraction of sp³-hybridized carbons (Fsp3) is 0.375. The highest BCUT2D eigenvalue weighted by atomic mass is 19.1. The van der Waals surface area contributed by atoms with Crippen LogP contribution in [0.5, 0.6) is 0 Å². The van der Waals surface area contributed by atoms with Crippen molar-refractivity contribution < 1.29 is 9.50 Å². The quantitative estimate of drug-likeness (QED) is 0.651.